The number of benzene rings is 2. The van der Waals surface area contributed by atoms with Crippen molar-refractivity contribution in [2.75, 3.05) is 0 Å². The fourth-order valence-corrected chi connectivity index (χ4v) is 2.45. The molecule has 2 rings (SSSR count). The first-order chi connectivity index (χ1) is 9.08. The molecule has 0 spiro atoms. The van der Waals surface area contributed by atoms with Crippen LogP contribution in [0.5, 0.6) is 5.75 Å². The Hall–Kier alpha value is -1.51. The third kappa shape index (κ3) is 3.49. The summed E-state index contributed by atoms with van der Waals surface area (Å²) in [5.41, 5.74) is 2.23. The van der Waals surface area contributed by atoms with Gasteiger partial charge in [0.15, 0.2) is 0 Å². The van der Waals surface area contributed by atoms with Crippen LogP contribution in [-0.4, -0.2) is 5.11 Å². The molecule has 100 valence electrons. The summed E-state index contributed by atoms with van der Waals surface area (Å²) in [4.78, 5) is 0. The minimum Gasteiger partial charge on any atom is -0.508 e. The molecule has 3 heteroatoms. The van der Waals surface area contributed by atoms with Gasteiger partial charge in [-0.1, -0.05) is 41.9 Å². The zero-order valence-electron chi connectivity index (χ0n) is 11.1. The fraction of sp³-hybridized carbons (Fsp3) is 0.250. The van der Waals surface area contributed by atoms with Gasteiger partial charge in [0.1, 0.15) is 5.75 Å². The average molecular weight is 276 g/mol. The summed E-state index contributed by atoms with van der Waals surface area (Å²) >= 11 is 6.20. The van der Waals surface area contributed by atoms with E-state index >= 15 is 0 Å². The van der Waals surface area contributed by atoms with Crippen molar-refractivity contribution in [3.8, 4) is 5.75 Å². The van der Waals surface area contributed by atoms with Crippen LogP contribution in [-0.2, 0) is 0 Å². The molecule has 2 atom stereocenters. The van der Waals surface area contributed by atoms with E-state index in [4.69, 9.17) is 11.6 Å². The lowest BCUT2D eigenvalue weighted by molar-refractivity contribution is 0.472. The molecule has 0 amide bonds. The highest BCUT2D eigenvalue weighted by Crippen LogP contribution is 2.25. The van der Waals surface area contributed by atoms with Gasteiger partial charge < -0.3 is 10.4 Å². The smallest absolute Gasteiger partial charge is 0.115 e. The molecule has 2 nitrogen and oxygen atoms in total. The molecule has 0 fully saturated rings. The van der Waals surface area contributed by atoms with Crippen molar-refractivity contribution in [3.05, 3.63) is 64.7 Å². The summed E-state index contributed by atoms with van der Waals surface area (Å²) in [5.74, 6) is 0.287. The molecule has 2 N–H and O–H groups in total. The fourth-order valence-electron chi connectivity index (χ4n) is 2.15. The number of halogens is 1. The van der Waals surface area contributed by atoms with Gasteiger partial charge in [-0.3, -0.25) is 0 Å². The maximum absolute atomic E-state index is 9.30. The van der Waals surface area contributed by atoms with Crippen LogP contribution in [0.4, 0.5) is 0 Å². The predicted molar refractivity (Wildman–Crippen MR) is 79.5 cm³/mol. The Kier molecular flexibility index (Phi) is 4.46. The molecule has 0 aromatic heterocycles. The van der Waals surface area contributed by atoms with Crippen molar-refractivity contribution in [1.82, 2.24) is 5.32 Å². The molecule has 2 aromatic carbocycles. The van der Waals surface area contributed by atoms with E-state index in [-0.39, 0.29) is 17.8 Å². The minimum absolute atomic E-state index is 0.164. The predicted octanol–water partition coefficient (Wildman–Crippen LogP) is 4.46. The summed E-state index contributed by atoms with van der Waals surface area (Å²) in [5, 5.41) is 13.6. The third-order valence-corrected chi connectivity index (χ3v) is 3.61. The second-order valence-electron chi connectivity index (χ2n) is 4.72. The van der Waals surface area contributed by atoms with Crippen molar-refractivity contribution in [2.24, 2.45) is 0 Å². The van der Waals surface area contributed by atoms with Crippen LogP contribution < -0.4 is 5.32 Å². The van der Waals surface area contributed by atoms with Crippen LogP contribution in [0.3, 0.4) is 0 Å². The first-order valence-electron chi connectivity index (χ1n) is 6.37. The normalized spacial score (nSPS) is 14.1. The van der Waals surface area contributed by atoms with Gasteiger partial charge in [0, 0.05) is 17.1 Å². The lowest BCUT2D eigenvalue weighted by Crippen LogP contribution is -2.22. The summed E-state index contributed by atoms with van der Waals surface area (Å²) in [6.45, 7) is 4.19. The highest BCUT2D eigenvalue weighted by molar-refractivity contribution is 6.31. The lowest BCUT2D eigenvalue weighted by Gasteiger charge is -2.21. The van der Waals surface area contributed by atoms with Gasteiger partial charge in [0.05, 0.1) is 0 Å². The van der Waals surface area contributed by atoms with E-state index in [1.807, 2.05) is 36.4 Å². The third-order valence-electron chi connectivity index (χ3n) is 3.26. The Morgan fingerprint density at radius 2 is 1.58 bits per heavy atom. The van der Waals surface area contributed by atoms with Crippen LogP contribution in [0, 0.1) is 0 Å². The summed E-state index contributed by atoms with van der Waals surface area (Å²) in [6.07, 6.45) is 0. The first-order valence-corrected chi connectivity index (χ1v) is 6.75. The molecule has 0 aliphatic rings. The summed E-state index contributed by atoms with van der Waals surface area (Å²) < 4.78 is 0. The summed E-state index contributed by atoms with van der Waals surface area (Å²) in [6, 6.07) is 15.5. The molecule has 2 aromatic rings. The highest BCUT2D eigenvalue weighted by atomic mass is 35.5. The number of nitrogens with one attached hydrogen (secondary N) is 1. The molecule has 0 heterocycles. The Balaban J connectivity index is 2.08. The topological polar surface area (TPSA) is 32.3 Å². The van der Waals surface area contributed by atoms with Gasteiger partial charge >= 0.3 is 0 Å². The number of phenolic OH excluding ortho intramolecular Hbond substituents is 1. The maximum atomic E-state index is 9.30. The second kappa shape index (κ2) is 6.09. The van der Waals surface area contributed by atoms with Crippen molar-refractivity contribution < 1.29 is 5.11 Å². The van der Waals surface area contributed by atoms with Gasteiger partial charge in [0.25, 0.3) is 0 Å². The zero-order valence-corrected chi connectivity index (χ0v) is 11.9. The van der Waals surface area contributed by atoms with E-state index in [0.717, 1.165) is 16.1 Å². The van der Waals surface area contributed by atoms with Gasteiger partial charge in [-0.2, -0.15) is 0 Å². The van der Waals surface area contributed by atoms with Crippen LogP contribution in [0.2, 0.25) is 5.02 Å². The van der Waals surface area contributed by atoms with E-state index in [1.165, 1.54) is 0 Å². The van der Waals surface area contributed by atoms with E-state index in [2.05, 4.69) is 19.2 Å². The molecule has 0 aliphatic carbocycles. The second-order valence-corrected chi connectivity index (χ2v) is 5.13. The number of phenols is 1. The number of hydrogen-bond donors (Lipinski definition) is 2. The lowest BCUT2D eigenvalue weighted by atomic mass is 10.0. The van der Waals surface area contributed by atoms with Gasteiger partial charge in [-0.05, 0) is 43.2 Å². The number of aromatic hydroxyl groups is 1. The Bertz CT molecular complexity index is 539. The van der Waals surface area contributed by atoms with Gasteiger partial charge in [-0.15, -0.1) is 0 Å². The van der Waals surface area contributed by atoms with Gasteiger partial charge in [0.2, 0.25) is 0 Å². The van der Waals surface area contributed by atoms with Crippen molar-refractivity contribution >= 4 is 11.6 Å². The Labute approximate surface area is 119 Å². The number of rotatable bonds is 4. The minimum atomic E-state index is 0.164. The standard InChI is InChI=1S/C16H18ClNO/c1-11(13-7-9-14(19)10-8-13)18-12(2)15-5-3-4-6-16(15)17/h3-12,18-19H,1-2H3/t11?,12-/m0/s1. The monoisotopic (exact) mass is 275 g/mol. The highest BCUT2D eigenvalue weighted by Gasteiger charge is 2.13. The molecular formula is C16H18ClNO. The molecule has 0 saturated carbocycles. The summed E-state index contributed by atoms with van der Waals surface area (Å²) in [7, 11) is 0. The molecule has 0 saturated heterocycles. The average Bonchev–Trinajstić information content (AvgIpc) is 2.39. The molecule has 0 bridgehead atoms. The van der Waals surface area contributed by atoms with Crippen molar-refractivity contribution in [2.45, 2.75) is 25.9 Å². The largest absolute Gasteiger partial charge is 0.508 e. The molecule has 0 radical (unpaired) electrons. The molecule has 1 unspecified atom stereocenters. The number of hydrogen-bond acceptors (Lipinski definition) is 2. The van der Waals surface area contributed by atoms with Crippen molar-refractivity contribution in [1.29, 1.82) is 0 Å². The zero-order chi connectivity index (χ0) is 13.8. The molecule has 0 aliphatic heterocycles. The van der Waals surface area contributed by atoms with Crippen LogP contribution in [0.1, 0.15) is 37.1 Å². The quantitative estimate of drug-likeness (QED) is 0.864. The SMILES string of the molecule is CC(N[C@@H](C)c1ccccc1Cl)c1ccc(O)cc1. The van der Waals surface area contributed by atoms with E-state index < -0.39 is 0 Å². The molecular weight excluding hydrogens is 258 g/mol. The maximum Gasteiger partial charge on any atom is 0.115 e. The Morgan fingerprint density at radius 3 is 2.21 bits per heavy atom. The first kappa shape index (κ1) is 13.9. The van der Waals surface area contributed by atoms with Crippen LogP contribution >= 0.6 is 11.6 Å². The van der Waals surface area contributed by atoms with Gasteiger partial charge in [-0.25, -0.2) is 0 Å². The van der Waals surface area contributed by atoms with Crippen LogP contribution in [0.25, 0.3) is 0 Å². The van der Waals surface area contributed by atoms with E-state index in [9.17, 15) is 5.11 Å². The molecule has 19 heavy (non-hydrogen) atoms. The van der Waals surface area contributed by atoms with E-state index in [0.29, 0.717) is 0 Å². The Morgan fingerprint density at radius 1 is 0.947 bits per heavy atom. The van der Waals surface area contributed by atoms with Crippen LogP contribution in [0.15, 0.2) is 48.5 Å². The van der Waals surface area contributed by atoms with E-state index in [1.54, 1.807) is 12.1 Å². The van der Waals surface area contributed by atoms with Crippen molar-refractivity contribution in [3.63, 3.8) is 0 Å².